The Morgan fingerprint density at radius 2 is 1.11 bits per heavy atom. The lowest BCUT2D eigenvalue weighted by molar-refractivity contribution is 0.0691. The highest BCUT2D eigenvalue weighted by atomic mass is 35.5. The number of benzene rings is 4. The lowest BCUT2D eigenvalue weighted by Gasteiger charge is -2.16. The Morgan fingerprint density at radius 1 is 0.625 bits per heavy atom. The van der Waals surface area contributed by atoms with Crippen LogP contribution >= 0.6 is 35.6 Å². The molecule has 1 unspecified atom stereocenters. The lowest BCUT2D eigenvalue weighted by Crippen LogP contribution is -2.31. The molecule has 328 valence electrons. The van der Waals surface area contributed by atoms with Gasteiger partial charge in [0, 0.05) is 44.9 Å². The number of nitrogens with two attached hydrogens (primary N) is 1. The number of nitrogens with zero attached hydrogens (tertiary/aromatic N) is 6. The fraction of sp³-hybridized carbons (Fsp3) is 0.0909. The Labute approximate surface area is 382 Å². The number of nitrogens with one attached hydrogen (secondary N) is 5. The summed E-state index contributed by atoms with van der Waals surface area (Å²) in [4.78, 5) is 54.2. The van der Waals surface area contributed by atoms with E-state index in [0.717, 1.165) is 16.9 Å². The van der Waals surface area contributed by atoms with Crippen molar-refractivity contribution in [3.05, 3.63) is 179 Å². The van der Waals surface area contributed by atoms with E-state index in [9.17, 15) is 14.7 Å². The predicted molar refractivity (Wildman–Crippen MR) is 247 cm³/mol. The van der Waals surface area contributed by atoms with Crippen molar-refractivity contribution in [3.63, 3.8) is 0 Å². The summed E-state index contributed by atoms with van der Waals surface area (Å²) in [5, 5.41) is 37.4. The van der Waals surface area contributed by atoms with Crippen molar-refractivity contribution >= 4 is 70.8 Å². The number of hydrogen-bond acceptors (Lipinski definition) is 13. The number of hydrogen-bond donors (Lipinski definition) is 9. The van der Waals surface area contributed by atoms with Crippen molar-refractivity contribution in [2.45, 2.75) is 12.1 Å². The fourth-order valence-electron chi connectivity index (χ4n) is 5.63. The third-order valence-electron chi connectivity index (χ3n) is 8.77. The Hall–Kier alpha value is -7.25. The van der Waals surface area contributed by atoms with E-state index in [4.69, 9.17) is 39.1 Å². The number of rotatable bonds is 13. The Kier molecular flexibility index (Phi) is 17.8. The molecule has 8 aromatic rings. The van der Waals surface area contributed by atoms with Crippen LogP contribution in [0.2, 0.25) is 10.0 Å². The van der Waals surface area contributed by atoms with Gasteiger partial charge in [-0.3, -0.25) is 4.79 Å². The van der Waals surface area contributed by atoms with Crippen LogP contribution in [-0.2, 0) is 0 Å². The Morgan fingerprint density at radius 3 is 1.58 bits per heavy atom. The number of aromatic carboxylic acids is 1. The van der Waals surface area contributed by atoms with Crippen LogP contribution in [-0.4, -0.2) is 80.3 Å². The molecule has 0 saturated heterocycles. The van der Waals surface area contributed by atoms with Gasteiger partial charge in [-0.25, -0.2) is 24.7 Å². The number of aliphatic hydroxyl groups is 2. The van der Waals surface area contributed by atoms with Crippen LogP contribution in [0.15, 0.2) is 146 Å². The number of carboxylic acid groups (broad SMARTS) is 1. The van der Waals surface area contributed by atoms with E-state index in [2.05, 4.69) is 55.8 Å². The molecule has 0 radical (unpaired) electrons. The number of aromatic amines is 2. The molecule has 4 aromatic heterocycles. The monoisotopic (exact) mass is 922 g/mol. The first kappa shape index (κ1) is 47.8. The highest BCUT2D eigenvalue weighted by molar-refractivity contribution is 6.30. The summed E-state index contributed by atoms with van der Waals surface area (Å²) < 4.78 is 0. The highest BCUT2D eigenvalue weighted by Gasteiger charge is 2.18. The number of carboxylic acids is 1. The number of carbonyl (C=O) groups is 2. The molecule has 10 N–H and O–H groups in total. The summed E-state index contributed by atoms with van der Waals surface area (Å²) in [5.74, 6) is 0.193. The SMILES string of the molecule is Cl.N[C@H](CO)c1cccc(Cl)c1.O=C(NC(CO)c1cccc(Cl)c1)c1cc(-c2ncnc(Nc3ccccc3)n2)c[nH]1.O=C(O)c1cc(-c2ncnc(Nc3ccccc3)n2)c[nH]1. The summed E-state index contributed by atoms with van der Waals surface area (Å²) in [6, 6.07) is 35.4. The zero-order valence-electron chi connectivity index (χ0n) is 33.5. The fourth-order valence-corrected chi connectivity index (χ4v) is 6.03. The van der Waals surface area contributed by atoms with Gasteiger partial charge in [0.2, 0.25) is 11.9 Å². The molecule has 0 aliphatic carbocycles. The zero-order valence-corrected chi connectivity index (χ0v) is 35.8. The second-order valence-corrected chi connectivity index (χ2v) is 14.1. The highest BCUT2D eigenvalue weighted by Crippen LogP contribution is 2.22. The molecule has 4 aromatic carbocycles. The maximum Gasteiger partial charge on any atom is 0.352 e. The molecule has 0 saturated carbocycles. The summed E-state index contributed by atoms with van der Waals surface area (Å²) in [5.41, 5.74) is 10.5. The van der Waals surface area contributed by atoms with Gasteiger partial charge in [-0.2, -0.15) is 9.97 Å². The van der Waals surface area contributed by atoms with E-state index in [1.54, 1.807) is 54.9 Å². The number of carbonyl (C=O) groups excluding carboxylic acids is 1. The van der Waals surface area contributed by atoms with Crippen molar-refractivity contribution in [1.29, 1.82) is 0 Å². The molecule has 0 bridgehead atoms. The minimum Gasteiger partial charge on any atom is -0.477 e. The number of para-hydroxylation sites is 2. The van der Waals surface area contributed by atoms with Gasteiger partial charge in [0.25, 0.3) is 5.91 Å². The van der Waals surface area contributed by atoms with Crippen LogP contribution in [0.25, 0.3) is 22.8 Å². The molecular formula is C44H41Cl3N12O5. The number of aliphatic hydroxyl groups excluding tert-OH is 2. The summed E-state index contributed by atoms with van der Waals surface area (Å²) in [7, 11) is 0. The molecule has 17 nitrogen and oxygen atoms in total. The van der Waals surface area contributed by atoms with E-state index < -0.39 is 12.0 Å². The second kappa shape index (κ2) is 23.8. The molecule has 64 heavy (non-hydrogen) atoms. The van der Waals surface area contributed by atoms with Crippen molar-refractivity contribution in [2.24, 2.45) is 5.73 Å². The maximum absolute atomic E-state index is 12.7. The van der Waals surface area contributed by atoms with Crippen LogP contribution in [0.5, 0.6) is 0 Å². The second-order valence-electron chi connectivity index (χ2n) is 13.3. The molecule has 0 spiro atoms. The topological polar surface area (TPSA) is 266 Å². The minimum atomic E-state index is -1.03. The number of amides is 1. The number of halogens is 3. The van der Waals surface area contributed by atoms with E-state index >= 15 is 0 Å². The van der Waals surface area contributed by atoms with Crippen LogP contribution in [0.3, 0.4) is 0 Å². The zero-order chi connectivity index (χ0) is 44.6. The average molecular weight is 924 g/mol. The number of H-pyrrole nitrogens is 2. The first-order valence-electron chi connectivity index (χ1n) is 19.0. The van der Waals surface area contributed by atoms with Gasteiger partial charge < -0.3 is 47.0 Å². The van der Waals surface area contributed by atoms with Crippen LogP contribution < -0.4 is 21.7 Å². The molecule has 4 heterocycles. The van der Waals surface area contributed by atoms with E-state index in [0.29, 0.717) is 56.0 Å². The van der Waals surface area contributed by atoms with Gasteiger partial charge in [-0.05, 0) is 71.8 Å². The third-order valence-corrected chi connectivity index (χ3v) is 9.24. The standard InChI is InChI=1S/C22H19ClN6O2.C14H11N5O2.C8H10ClNO.ClH/c23-16-6-4-5-14(9-16)19(12-30)28-21(31)18-10-15(11-24-18)20-25-13-26-22(29-20)27-17-7-2-1-3-8-17;20-13(21)11-6-9(7-15-11)12-16-8-17-14(19-12)18-10-4-2-1-3-5-10;9-7-3-1-2-6(4-7)8(10)5-11;/h1-11,13,19,24,30H,12H2,(H,28,31)(H,25,26,27,29);1-8,15H,(H,20,21)(H,16,17,18,19);1-4,8,11H,5,10H2;1H/t;;8-;/m..1./s1. The Bertz CT molecular complexity index is 2730. The van der Waals surface area contributed by atoms with E-state index in [-0.39, 0.29) is 43.3 Å². The minimum absolute atomic E-state index is 0. The van der Waals surface area contributed by atoms with Crippen LogP contribution in [0.1, 0.15) is 44.2 Å². The van der Waals surface area contributed by atoms with Crippen molar-refractivity contribution in [2.75, 3.05) is 23.8 Å². The first-order valence-corrected chi connectivity index (χ1v) is 19.8. The number of aromatic nitrogens is 8. The molecule has 2 atom stereocenters. The summed E-state index contributed by atoms with van der Waals surface area (Å²) in [6.07, 6.45) is 5.97. The van der Waals surface area contributed by atoms with Gasteiger partial charge >= 0.3 is 5.97 Å². The van der Waals surface area contributed by atoms with Gasteiger partial charge in [-0.15, -0.1) is 12.4 Å². The molecule has 8 rings (SSSR count). The van der Waals surface area contributed by atoms with Crippen molar-refractivity contribution in [3.8, 4) is 22.8 Å². The first-order chi connectivity index (χ1) is 30.6. The quantitative estimate of drug-likeness (QED) is 0.0535. The molecule has 1 amide bonds. The van der Waals surface area contributed by atoms with Gasteiger partial charge in [0.05, 0.1) is 25.3 Å². The van der Waals surface area contributed by atoms with E-state index in [1.807, 2.05) is 72.8 Å². The maximum atomic E-state index is 12.7. The predicted octanol–water partition coefficient (Wildman–Crippen LogP) is 7.79. The summed E-state index contributed by atoms with van der Waals surface area (Å²) in [6.45, 7) is -0.317. The largest absolute Gasteiger partial charge is 0.477 e. The molecular weight excluding hydrogens is 883 g/mol. The Balaban J connectivity index is 0.000000201. The van der Waals surface area contributed by atoms with Gasteiger partial charge in [-0.1, -0.05) is 83.9 Å². The van der Waals surface area contributed by atoms with E-state index in [1.165, 1.54) is 18.7 Å². The summed E-state index contributed by atoms with van der Waals surface area (Å²) >= 11 is 11.7. The lowest BCUT2D eigenvalue weighted by atomic mass is 10.1. The third kappa shape index (κ3) is 13.9. The molecule has 0 fully saturated rings. The van der Waals surface area contributed by atoms with Crippen molar-refractivity contribution < 1.29 is 24.9 Å². The van der Waals surface area contributed by atoms with Crippen LogP contribution in [0, 0.1) is 0 Å². The normalized spacial score (nSPS) is 11.3. The average Bonchev–Trinajstić information content (AvgIpc) is 4.02. The molecule has 20 heteroatoms. The smallest absolute Gasteiger partial charge is 0.352 e. The molecule has 0 aliphatic rings. The van der Waals surface area contributed by atoms with Gasteiger partial charge in [0.1, 0.15) is 24.0 Å². The molecule has 0 aliphatic heterocycles. The van der Waals surface area contributed by atoms with Crippen LogP contribution in [0.4, 0.5) is 23.3 Å². The van der Waals surface area contributed by atoms with Crippen molar-refractivity contribution in [1.82, 2.24) is 45.2 Å². The van der Waals surface area contributed by atoms with Gasteiger partial charge in [0.15, 0.2) is 11.6 Å². The number of anilines is 4.